The van der Waals surface area contributed by atoms with Gasteiger partial charge in [-0.3, -0.25) is 9.59 Å². The molecule has 0 spiro atoms. The summed E-state index contributed by atoms with van der Waals surface area (Å²) in [5, 5.41) is 1.43. The zero-order chi connectivity index (χ0) is 27.4. The monoisotopic (exact) mass is 504 g/mol. The van der Waals surface area contributed by atoms with E-state index < -0.39 is 12.1 Å². The molecule has 0 radical (unpaired) electrons. The Hall–Kier alpha value is -3.54. The maximum atomic E-state index is 13.1. The summed E-state index contributed by atoms with van der Waals surface area (Å²) in [4.78, 5) is 25.4. The van der Waals surface area contributed by atoms with Gasteiger partial charge in [-0.25, -0.2) is 0 Å². The molecular formula is C31H36O6. The van der Waals surface area contributed by atoms with E-state index in [9.17, 15) is 9.59 Å². The Kier molecular flexibility index (Phi) is 6.51. The first-order valence-electron chi connectivity index (χ1n) is 12.5. The van der Waals surface area contributed by atoms with E-state index in [1.165, 1.54) is 6.92 Å². The standard InChI is InChI=1S/C31H36O6/c1-16(32)19-14-21(30(3,4)5)29-26-20(15-22(31(6,7)8)28(25(19)26)36-17(2)33)27(37-29)18-11-12-23(34-9)24(13-18)35-10/h11-15,27H,1-10H3/t27-/m1/s1. The minimum Gasteiger partial charge on any atom is -0.493 e. The van der Waals surface area contributed by atoms with Gasteiger partial charge in [0.2, 0.25) is 0 Å². The molecular weight excluding hydrogens is 468 g/mol. The lowest BCUT2D eigenvalue weighted by Gasteiger charge is -2.26. The fourth-order valence-corrected chi connectivity index (χ4v) is 5.02. The van der Waals surface area contributed by atoms with E-state index >= 15 is 0 Å². The minimum absolute atomic E-state index is 0.1000. The van der Waals surface area contributed by atoms with Crippen LogP contribution >= 0.6 is 0 Å². The topological polar surface area (TPSA) is 71.1 Å². The van der Waals surface area contributed by atoms with Crippen LogP contribution < -0.4 is 18.9 Å². The van der Waals surface area contributed by atoms with Crippen molar-refractivity contribution in [1.82, 2.24) is 0 Å². The Morgan fingerprint density at radius 1 is 0.811 bits per heavy atom. The summed E-state index contributed by atoms with van der Waals surface area (Å²) in [5.74, 6) is 1.81. The largest absolute Gasteiger partial charge is 0.493 e. The number of hydrogen-bond donors (Lipinski definition) is 0. The van der Waals surface area contributed by atoms with Crippen molar-refractivity contribution in [1.29, 1.82) is 0 Å². The molecule has 0 bridgehead atoms. The number of carbonyl (C=O) groups excluding carboxylic acids is 2. The van der Waals surface area contributed by atoms with Gasteiger partial charge in [-0.15, -0.1) is 0 Å². The van der Waals surface area contributed by atoms with Crippen molar-refractivity contribution in [3.05, 3.63) is 58.1 Å². The summed E-state index contributed by atoms with van der Waals surface area (Å²) < 4.78 is 23.6. The average Bonchev–Trinajstić information content (AvgIpc) is 3.17. The number of methoxy groups -OCH3 is 2. The highest BCUT2D eigenvalue weighted by Crippen LogP contribution is 2.55. The second-order valence-electron chi connectivity index (χ2n) is 11.7. The zero-order valence-corrected chi connectivity index (χ0v) is 23.4. The van der Waals surface area contributed by atoms with Crippen molar-refractivity contribution >= 4 is 22.5 Å². The van der Waals surface area contributed by atoms with E-state index in [-0.39, 0.29) is 16.6 Å². The van der Waals surface area contributed by atoms with Gasteiger partial charge in [0.15, 0.2) is 17.3 Å². The molecule has 0 unspecified atom stereocenters. The van der Waals surface area contributed by atoms with Crippen molar-refractivity contribution < 1.29 is 28.5 Å². The maximum Gasteiger partial charge on any atom is 0.308 e. The Morgan fingerprint density at radius 2 is 1.43 bits per heavy atom. The lowest BCUT2D eigenvalue weighted by atomic mass is 9.78. The van der Waals surface area contributed by atoms with E-state index in [0.29, 0.717) is 33.9 Å². The zero-order valence-electron chi connectivity index (χ0n) is 23.4. The third-order valence-corrected chi connectivity index (χ3v) is 6.81. The van der Waals surface area contributed by atoms with E-state index in [1.54, 1.807) is 21.1 Å². The molecule has 0 amide bonds. The first kappa shape index (κ1) is 26.5. The van der Waals surface area contributed by atoms with Crippen molar-refractivity contribution in [2.75, 3.05) is 14.2 Å². The fraction of sp³-hybridized carbons (Fsp3) is 0.419. The molecule has 196 valence electrons. The van der Waals surface area contributed by atoms with Crippen LogP contribution in [0.25, 0.3) is 10.8 Å². The van der Waals surface area contributed by atoms with Crippen LogP contribution in [0.1, 0.15) is 94.1 Å². The van der Waals surface area contributed by atoms with Crippen LogP contribution in [0.15, 0.2) is 30.3 Å². The third kappa shape index (κ3) is 4.54. The molecule has 6 nitrogen and oxygen atoms in total. The van der Waals surface area contributed by atoms with Gasteiger partial charge >= 0.3 is 5.97 Å². The van der Waals surface area contributed by atoms with Gasteiger partial charge in [0.05, 0.1) is 14.2 Å². The Balaban J connectivity index is 2.18. The molecule has 3 aromatic rings. The van der Waals surface area contributed by atoms with Gasteiger partial charge in [0.1, 0.15) is 17.6 Å². The van der Waals surface area contributed by atoms with Gasteiger partial charge < -0.3 is 18.9 Å². The molecule has 0 N–H and O–H groups in total. The Bertz CT molecular complexity index is 1420. The molecule has 6 heteroatoms. The highest BCUT2D eigenvalue weighted by Gasteiger charge is 2.38. The molecule has 3 aromatic carbocycles. The first-order valence-corrected chi connectivity index (χ1v) is 12.5. The number of carbonyl (C=O) groups is 2. The Morgan fingerprint density at radius 3 is 1.95 bits per heavy atom. The number of benzene rings is 3. The van der Waals surface area contributed by atoms with Gasteiger partial charge in [-0.1, -0.05) is 47.6 Å². The number of ether oxygens (including phenoxy) is 4. The number of hydrogen-bond acceptors (Lipinski definition) is 6. The second kappa shape index (κ2) is 9.09. The summed E-state index contributed by atoms with van der Waals surface area (Å²) in [6.45, 7) is 15.4. The molecule has 0 aliphatic carbocycles. The van der Waals surface area contributed by atoms with E-state index in [1.807, 2.05) is 24.3 Å². The fourth-order valence-electron chi connectivity index (χ4n) is 5.02. The molecule has 1 atom stereocenters. The second-order valence-corrected chi connectivity index (χ2v) is 11.7. The molecule has 0 fully saturated rings. The number of rotatable bonds is 5. The van der Waals surface area contributed by atoms with Crippen LogP contribution in [0.4, 0.5) is 0 Å². The molecule has 4 rings (SSSR count). The highest BCUT2D eigenvalue weighted by molar-refractivity contribution is 6.14. The number of ketones is 1. The van der Waals surface area contributed by atoms with Gasteiger partial charge in [-0.05, 0) is 42.0 Å². The van der Waals surface area contributed by atoms with Crippen molar-refractivity contribution in [2.45, 2.75) is 72.3 Å². The molecule has 37 heavy (non-hydrogen) atoms. The van der Waals surface area contributed by atoms with Gasteiger partial charge in [0, 0.05) is 45.5 Å². The number of Topliss-reactive ketones (excluding diaryl/α,β-unsaturated/α-hetero) is 1. The molecule has 0 saturated carbocycles. The summed E-state index contributed by atoms with van der Waals surface area (Å²) in [5.41, 5.74) is 3.40. The summed E-state index contributed by atoms with van der Waals surface area (Å²) in [7, 11) is 3.21. The van der Waals surface area contributed by atoms with Crippen molar-refractivity contribution in [3.8, 4) is 23.0 Å². The summed E-state index contributed by atoms with van der Waals surface area (Å²) >= 11 is 0. The number of esters is 1. The molecule has 1 aliphatic rings. The first-order chi connectivity index (χ1) is 17.2. The smallest absolute Gasteiger partial charge is 0.308 e. The van der Waals surface area contributed by atoms with Crippen LogP contribution in [0.2, 0.25) is 0 Å². The molecule has 0 saturated heterocycles. The van der Waals surface area contributed by atoms with Crippen LogP contribution in [-0.2, 0) is 15.6 Å². The van der Waals surface area contributed by atoms with Crippen molar-refractivity contribution in [2.24, 2.45) is 0 Å². The van der Waals surface area contributed by atoms with Gasteiger partial charge in [-0.2, -0.15) is 0 Å². The van der Waals surface area contributed by atoms with Crippen molar-refractivity contribution in [3.63, 3.8) is 0 Å². The van der Waals surface area contributed by atoms with E-state index in [4.69, 9.17) is 18.9 Å². The minimum atomic E-state index is -0.451. The third-order valence-electron chi connectivity index (χ3n) is 6.81. The predicted octanol–water partition coefficient (Wildman–Crippen LogP) is 7.06. The van der Waals surface area contributed by atoms with E-state index in [0.717, 1.165) is 27.6 Å². The Labute approximate surface area is 218 Å². The SMILES string of the molecule is COc1ccc([C@H]2Oc3c(C(C)(C)C)cc(C(C)=O)c4c(OC(C)=O)c(C(C)(C)C)cc2c34)cc1OC. The normalized spacial score (nSPS) is 14.9. The van der Waals surface area contributed by atoms with Crippen LogP contribution in [-0.4, -0.2) is 26.0 Å². The summed E-state index contributed by atoms with van der Waals surface area (Å²) in [6, 6.07) is 9.71. The highest BCUT2D eigenvalue weighted by atomic mass is 16.5. The van der Waals surface area contributed by atoms with Crippen LogP contribution in [0, 0.1) is 0 Å². The molecule has 0 aromatic heterocycles. The predicted molar refractivity (Wildman–Crippen MR) is 145 cm³/mol. The molecule has 1 heterocycles. The lowest BCUT2D eigenvalue weighted by molar-refractivity contribution is -0.131. The maximum absolute atomic E-state index is 13.1. The average molecular weight is 505 g/mol. The quantitative estimate of drug-likeness (QED) is 0.210. The van der Waals surface area contributed by atoms with E-state index in [2.05, 4.69) is 47.6 Å². The van der Waals surface area contributed by atoms with Crippen LogP contribution in [0.5, 0.6) is 23.0 Å². The lowest BCUT2D eigenvalue weighted by Crippen LogP contribution is -2.17. The molecule has 1 aliphatic heterocycles. The summed E-state index contributed by atoms with van der Waals surface area (Å²) in [6.07, 6.45) is -0.451. The van der Waals surface area contributed by atoms with Gasteiger partial charge in [0.25, 0.3) is 0 Å². The van der Waals surface area contributed by atoms with Crippen LogP contribution in [0.3, 0.4) is 0 Å².